The molecule has 0 N–H and O–H groups in total. The minimum absolute atomic E-state index is 0.00755. The highest BCUT2D eigenvalue weighted by Gasteiger charge is 2.62. The van der Waals surface area contributed by atoms with E-state index in [1.54, 1.807) is 0 Å². The standard InChI is InChI=1S/C10H12Cl4O/c11-9(12)3-6(9)1-8(5-15-8)2-7-4-10(7,13)14/h6-7H,1-5H2. The van der Waals surface area contributed by atoms with Crippen molar-refractivity contribution >= 4 is 46.4 Å². The Bertz CT molecular complexity index is 272. The Labute approximate surface area is 109 Å². The number of alkyl halides is 4. The zero-order chi connectivity index (χ0) is 10.9. The van der Waals surface area contributed by atoms with Gasteiger partial charge < -0.3 is 4.74 Å². The molecule has 1 aliphatic heterocycles. The maximum atomic E-state index is 6.01. The van der Waals surface area contributed by atoms with Crippen LogP contribution < -0.4 is 0 Å². The topological polar surface area (TPSA) is 12.5 Å². The Hall–Kier alpha value is 1.12. The average molecular weight is 290 g/mol. The summed E-state index contributed by atoms with van der Waals surface area (Å²) < 4.78 is 4.55. The van der Waals surface area contributed by atoms with Gasteiger partial charge in [0.1, 0.15) is 8.67 Å². The van der Waals surface area contributed by atoms with E-state index in [4.69, 9.17) is 51.1 Å². The number of ether oxygens (including phenoxy) is 1. The first-order valence-corrected chi connectivity index (χ1v) is 6.74. The van der Waals surface area contributed by atoms with Gasteiger partial charge in [0.15, 0.2) is 0 Å². The van der Waals surface area contributed by atoms with E-state index in [2.05, 4.69) is 0 Å². The summed E-state index contributed by atoms with van der Waals surface area (Å²) in [6.07, 6.45) is 3.69. The molecular formula is C10H12Cl4O. The van der Waals surface area contributed by atoms with Gasteiger partial charge in [-0.1, -0.05) is 0 Å². The molecule has 0 aromatic heterocycles. The molecule has 3 fully saturated rings. The predicted molar refractivity (Wildman–Crippen MR) is 63.0 cm³/mol. The van der Waals surface area contributed by atoms with Crippen molar-refractivity contribution in [3.8, 4) is 0 Å². The third-order valence-electron chi connectivity index (χ3n) is 3.70. The van der Waals surface area contributed by atoms with Crippen molar-refractivity contribution in [1.82, 2.24) is 0 Å². The van der Waals surface area contributed by atoms with Gasteiger partial charge >= 0.3 is 0 Å². The summed E-state index contributed by atoms with van der Waals surface area (Å²) in [4.78, 5) is 0. The quantitative estimate of drug-likeness (QED) is 0.564. The Morgan fingerprint density at radius 1 is 0.933 bits per heavy atom. The molecular weight excluding hydrogens is 278 g/mol. The van der Waals surface area contributed by atoms with E-state index >= 15 is 0 Å². The molecule has 86 valence electrons. The van der Waals surface area contributed by atoms with Gasteiger partial charge in [0.2, 0.25) is 0 Å². The number of hydrogen-bond acceptors (Lipinski definition) is 1. The van der Waals surface area contributed by atoms with Gasteiger partial charge in [-0.3, -0.25) is 0 Å². The lowest BCUT2D eigenvalue weighted by Gasteiger charge is -2.11. The smallest absolute Gasteiger partial charge is 0.121 e. The van der Waals surface area contributed by atoms with Crippen LogP contribution in [0.15, 0.2) is 0 Å². The molecule has 5 heteroatoms. The lowest BCUT2D eigenvalue weighted by molar-refractivity contribution is 0.254. The summed E-state index contributed by atoms with van der Waals surface area (Å²) in [6.45, 7) is 0.813. The lowest BCUT2D eigenvalue weighted by Crippen LogP contribution is -2.16. The summed E-state index contributed by atoms with van der Waals surface area (Å²) in [5.41, 5.74) is -0.00755. The second kappa shape index (κ2) is 3.11. The zero-order valence-electron chi connectivity index (χ0n) is 8.11. The first-order valence-electron chi connectivity index (χ1n) is 5.23. The predicted octanol–water partition coefficient (Wildman–Crippen LogP) is 3.92. The molecule has 0 aromatic rings. The molecule has 0 radical (unpaired) electrons. The van der Waals surface area contributed by atoms with Gasteiger partial charge in [-0.2, -0.15) is 0 Å². The lowest BCUT2D eigenvalue weighted by atomic mass is 9.97. The van der Waals surface area contributed by atoms with Gasteiger partial charge in [-0.15, -0.1) is 46.4 Å². The fraction of sp³-hybridized carbons (Fsp3) is 1.00. The van der Waals surface area contributed by atoms with Crippen molar-refractivity contribution in [2.45, 2.75) is 40.0 Å². The normalized spacial score (nSPS) is 48.8. The molecule has 0 amide bonds. The van der Waals surface area contributed by atoms with Crippen molar-refractivity contribution in [2.24, 2.45) is 11.8 Å². The highest BCUT2D eigenvalue weighted by Crippen LogP contribution is 2.63. The largest absolute Gasteiger partial charge is 0.370 e. The van der Waals surface area contributed by atoms with E-state index in [9.17, 15) is 0 Å². The monoisotopic (exact) mass is 288 g/mol. The van der Waals surface area contributed by atoms with Crippen LogP contribution in [0, 0.1) is 11.8 Å². The molecule has 0 bridgehead atoms. The Morgan fingerprint density at radius 3 is 1.47 bits per heavy atom. The van der Waals surface area contributed by atoms with E-state index in [1.165, 1.54) is 0 Å². The van der Waals surface area contributed by atoms with Gasteiger partial charge in [0, 0.05) is 0 Å². The summed E-state index contributed by atoms with van der Waals surface area (Å²) in [6, 6.07) is 0. The van der Waals surface area contributed by atoms with Crippen LogP contribution in [0.1, 0.15) is 25.7 Å². The summed E-state index contributed by atoms with van der Waals surface area (Å²) in [5.74, 6) is 0.782. The Balaban J connectivity index is 1.53. The van der Waals surface area contributed by atoms with Crippen molar-refractivity contribution in [3.05, 3.63) is 0 Å². The second-order valence-electron chi connectivity index (χ2n) is 5.20. The molecule has 1 heterocycles. The Morgan fingerprint density at radius 2 is 1.27 bits per heavy atom. The molecule has 1 nitrogen and oxygen atoms in total. The van der Waals surface area contributed by atoms with Gasteiger partial charge in [-0.25, -0.2) is 0 Å². The zero-order valence-corrected chi connectivity index (χ0v) is 11.1. The van der Waals surface area contributed by atoms with Crippen LogP contribution in [0.5, 0.6) is 0 Å². The van der Waals surface area contributed by atoms with Crippen molar-refractivity contribution in [3.63, 3.8) is 0 Å². The highest BCUT2D eigenvalue weighted by molar-refractivity contribution is 6.51. The van der Waals surface area contributed by atoms with E-state index in [0.29, 0.717) is 11.8 Å². The highest BCUT2D eigenvalue weighted by atomic mass is 35.5. The van der Waals surface area contributed by atoms with Crippen molar-refractivity contribution < 1.29 is 4.74 Å². The summed E-state index contributed by atoms with van der Waals surface area (Å²) >= 11 is 24.0. The van der Waals surface area contributed by atoms with Gasteiger partial charge in [-0.05, 0) is 37.5 Å². The van der Waals surface area contributed by atoms with Crippen LogP contribution in [0.3, 0.4) is 0 Å². The van der Waals surface area contributed by atoms with Crippen LogP contribution in [0.4, 0.5) is 0 Å². The first kappa shape index (κ1) is 11.2. The fourth-order valence-electron chi connectivity index (χ4n) is 2.30. The van der Waals surface area contributed by atoms with E-state index in [0.717, 1.165) is 32.3 Å². The summed E-state index contributed by atoms with van der Waals surface area (Å²) in [7, 11) is 0. The van der Waals surface area contributed by atoms with E-state index < -0.39 is 8.67 Å². The third kappa shape index (κ3) is 2.24. The molecule has 2 unspecified atom stereocenters. The van der Waals surface area contributed by atoms with E-state index in [1.807, 2.05) is 0 Å². The number of hydrogen-bond donors (Lipinski definition) is 0. The van der Waals surface area contributed by atoms with Gasteiger partial charge in [0.25, 0.3) is 0 Å². The van der Waals surface area contributed by atoms with E-state index in [-0.39, 0.29) is 5.60 Å². The molecule has 1 saturated heterocycles. The molecule has 15 heavy (non-hydrogen) atoms. The average Bonchev–Trinajstić information content (AvgIpc) is 2.97. The molecule has 0 spiro atoms. The molecule has 0 aromatic carbocycles. The van der Waals surface area contributed by atoms with Crippen LogP contribution >= 0.6 is 46.4 Å². The van der Waals surface area contributed by atoms with Crippen LogP contribution in [0.2, 0.25) is 0 Å². The number of halogens is 4. The fourth-order valence-corrected chi connectivity index (χ4v) is 3.36. The maximum absolute atomic E-state index is 6.01. The van der Waals surface area contributed by atoms with Gasteiger partial charge in [0.05, 0.1) is 12.2 Å². The molecule has 2 atom stereocenters. The minimum atomic E-state index is -0.498. The number of rotatable bonds is 4. The molecule has 2 aliphatic carbocycles. The third-order valence-corrected chi connectivity index (χ3v) is 5.55. The molecule has 3 rings (SSSR count). The first-order chi connectivity index (χ1) is 6.83. The van der Waals surface area contributed by atoms with Crippen LogP contribution in [0.25, 0.3) is 0 Å². The number of epoxide rings is 1. The molecule has 2 saturated carbocycles. The SMILES string of the molecule is ClC1(Cl)CC1CC1(CC2CC2(Cl)Cl)CO1. The minimum Gasteiger partial charge on any atom is -0.370 e. The summed E-state index contributed by atoms with van der Waals surface area (Å²) in [5, 5.41) is 0. The Kier molecular flexibility index (Phi) is 2.33. The van der Waals surface area contributed by atoms with Crippen LogP contribution in [-0.4, -0.2) is 20.9 Å². The van der Waals surface area contributed by atoms with Crippen LogP contribution in [-0.2, 0) is 4.74 Å². The maximum Gasteiger partial charge on any atom is 0.121 e. The van der Waals surface area contributed by atoms with Crippen molar-refractivity contribution in [1.29, 1.82) is 0 Å². The molecule has 3 aliphatic rings. The van der Waals surface area contributed by atoms with Crippen molar-refractivity contribution in [2.75, 3.05) is 6.61 Å². The second-order valence-corrected chi connectivity index (χ2v) is 8.29.